The van der Waals surface area contributed by atoms with Gasteiger partial charge in [0, 0.05) is 12.6 Å². The summed E-state index contributed by atoms with van der Waals surface area (Å²) in [6.07, 6.45) is -2.16. The molecule has 0 fully saturated rings. The van der Waals surface area contributed by atoms with Gasteiger partial charge in [-0.1, -0.05) is 12.1 Å². The Morgan fingerprint density at radius 2 is 1.89 bits per heavy atom. The number of hydrogen-bond acceptors (Lipinski definition) is 5. The zero-order valence-corrected chi connectivity index (χ0v) is 14.4. The third-order valence-electron chi connectivity index (χ3n) is 3.36. The minimum atomic E-state index is -4.75. The lowest BCUT2D eigenvalue weighted by atomic mass is 10.2. The molecule has 1 amide bonds. The van der Waals surface area contributed by atoms with Gasteiger partial charge in [0.15, 0.2) is 0 Å². The monoisotopic (exact) mass is 383 g/mol. The van der Waals surface area contributed by atoms with Crippen molar-refractivity contribution in [2.75, 3.05) is 7.11 Å². The van der Waals surface area contributed by atoms with Crippen molar-refractivity contribution in [3.05, 3.63) is 59.1 Å². The van der Waals surface area contributed by atoms with E-state index in [1.165, 1.54) is 37.5 Å². The zero-order valence-electron chi connectivity index (χ0n) is 14.4. The summed E-state index contributed by atoms with van der Waals surface area (Å²) in [5, 5.41) is 2.57. The summed E-state index contributed by atoms with van der Waals surface area (Å²) in [5.41, 5.74) is 0.854. The Morgan fingerprint density at radius 1 is 1.22 bits per heavy atom. The molecule has 0 spiro atoms. The van der Waals surface area contributed by atoms with Gasteiger partial charge in [0.1, 0.15) is 22.8 Å². The standard InChI is InChI=1S/C18H16F3NO5/c1-11-15(17(24)25-2)9-14(26-11)7-8-16(23)22-10-12-3-5-13(6-4-12)27-18(19,20)21/h3-9H,10H2,1-2H3,(H,22,23)/b8-7+. The van der Waals surface area contributed by atoms with Crippen LogP contribution in [0.25, 0.3) is 6.08 Å². The fourth-order valence-corrected chi connectivity index (χ4v) is 2.11. The third-order valence-corrected chi connectivity index (χ3v) is 3.36. The lowest BCUT2D eigenvalue weighted by molar-refractivity contribution is -0.274. The normalized spacial score (nSPS) is 11.4. The van der Waals surface area contributed by atoms with Crippen LogP contribution in [0.15, 0.2) is 40.8 Å². The van der Waals surface area contributed by atoms with Crippen LogP contribution in [0.5, 0.6) is 5.75 Å². The van der Waals surface area contributed by atoms with Gasteiger partial charge in [-0.15, -0.1) is 13.2 Å². The number of amides is 1. The van der Waals surface area contributed by atoms with Crippen molar-refractivity contribution in [3.8, 4) is 5.75 Å². The van der Waals surface area contributed by atoms with Crippen molar-refractivity contribution >= 4 is 18.0 Å². The molecule has 0 saturated heterocycles. The second kappa shape index (κ2) is 8.43. The summed E-state index contributed by atoms with van der Waals surface area (Å²) in [6.45, 7) is 1.70. The van der Waals surface area contributed by atoms with E-state index in [0.717, 1.165) is 12.1 Å². The lowest BCUT2D eigenvalue weighted by Gasteiger charge is -2.09. The molecule has 9 heteroatoms. The molecule has 0 aliphatic heterocycles. The van der Waals surface area contributed by atoms with Gasteiger partial charge in [-0.3, -0.25) is 4.79 Å². The Morgan fingerprint density at radius 3 is 2.48 bits per heavy atom. The number of benzene rings is 1. The van der Waals surface area contributed by atoms with Crippen molar-refractivity contribution in [1.29, 1.82) is 0 Å². The lowest BCUT2D eigenvalue weighted by Crippen LogP contribution is -2.20. The molecule has 0 radical (unpaired) electrons. The average Bonchev–Trinajstić information content (AvgIpc) is 2.98. The molecule has 2 aromatic rings. The van der Waals surface area contributed by atoms with E-state index >= 15 is 0 Å². The number of aryl methyl sites for hydroxylation is 1. The van der Waals surface area contributed by atoms with E-state index in [1.807, 2.05) is 0 Å². The molecule has 0 bridgehead atoms. The average molecular weight is 383 g/mol. The molecule has 0 unspecified atom stereocenters. The maximum absolute atomic E-state index is 12.1. The molecule has 27 heavy (non-hydrogen) atoms. The van der Waals surface area contributed by atoms with Gasteiger partial charge in [0.2, 0.25) is 5.91 Å². The number of methoxy groups -OCH3 is 1. The highest BCUT2D eigenvalue weighted by Crippen LogP contribution is 2.22. The van der Waals surface area contributed by atoms with Gasteiger partial charge in [0.25, 0.3) is 0 Å². The molecule has 0 aliphatic carbocycles. The van der Waals surface area contributed by atoms with E-state index < -0.39 is 18.2 Å². The Hall–Kier alpha value is -3.23. The topological polar surface area (TPSA) is 77.8 Å². The fraction of sp³-hybridized carbons (Fsp3) is 0.222. The van der Waals surface area contributed by atoms with E-state index in [4.69, 9.17) is 4.42 Å². The van der Waals surface area contributed by atoms with E-state index in [1.54, 1.807) is 6.92 Å². The molecule has 1 aromatic carbocycles. The van der Waals surface area contributed by atoms with Gasteiger partial charge < -0.3 is 19.2 Å². The van der Waals surface area contributed by atoms with Crippen LogP contribution in [-0.4, -0.2) is 25.3 Å². The number of furan rings is 1. The number of esters is 1. The minimum Gasteiger partial charge on any atom is -0.465 e. The Kier molecular flexibility index (Phi) is 6.27. The first-order valence-corrected chi connectivity index (χ1v) is 7.67. The van der Waals surface area contributed by atoms with Crippen LogP contribution in [0.4, 0.5) is 13.2 Å². The zero-order chi connectivity index (χ0) is 20.0. The molecule has 1 heterocycles. The van der Waals surface area contributed by atoms with Crippen molar-refractivity contribution in [3.63, 3.8) is 0 Å². The van der Waals surface area contributed by atoms with Crippen LogP contribution in [0.3, 0.4) is 0 Å². The summed E-state index contributed by atoms with van der Waals surface area (Å²) in [5.74, 6) is -0.663. The van der Waals surface area contributed by atoms with Crippen molar-refractivity contribution in [1.82, 2.24) is 5.32 Å². The summed E-state index contributed by atoms with van der Waals surface area (Å²) in [6, 6.07) is 6.58. The second-order valence-electron chi connectivity index (χ2n) is 5.35. The molecule has 144 valence electrons. The van der Waals surface area contributed by atoms with Crippen molar-refractivity contribution in [2.24, 2.45) is 0 Å². The Labute approximate surface area is 152 Å². The van der Waals surface area contributed by atoms with Crippen molar-refractivity contribution in [2.45, 2.75) is 19.8 Å². The quantitative estimate of drug-likeness (QED) is 0.609. The van der Waals surface area contributed by atoms with E-state index in [9.17, 15) is 22.8 Å². The number of hydrogen-bond donors (Lipinski definition) is 1. The van der Waals surface area contributed by atoms with Gasteiger partial charge in [-0.2, -0.15) is 0 Å². The molecule has 6 nitrogen and oxygen atoms in total. The Balaban J connectivity index is 1.89. The fourth-order valence-electron chi connectivity index (χ4n) is 2.11. The first-order valence-electron chi connectivity index (χ1n) is 7.67. The number of alkyl halides is 3. The third kappa shape index (κ3) is 6.21. The molecular formula is C18H16F3NO5. The number of nitrogens with one attached hydrogen (secondary N) is 1. The van der Waals surface area contributed by atoms with Crippen LogP contribution < -0.4 is 10.1 Å². The number of carbonyl (C=O) groups excluding carboxylic acids is 2. The van der Waals surface area contributed by atoms with E-state index in [-0.39, 0.29) is 17.9 Å². The number of carbonyl (C=O) groups is 2. The van der Waals surface area contributed by atoms with Crippen LogP contribution in [0.2, 0.25) is 0 Å². The molecule has 2 rings (SSSR count). The first-order chi connectivity index (χ1) is 12.7. The minimum absolute atomic E-state index is 0.111. The smallest absolute Gasteiger partial charge is 0.465 e. The predicted molar refractivity (Wildman–Crippen MR) is 88.8 cm³/mol. The van der Waals surface area contributed by atoms with Crippen LogP contribution in [-0.2, 0) is 16.1 Å². The Bertz CT molecular complexity index is 838. The summed E-state index contributed by atoms with van der Waals surface area (Å²) in [4.78, 5) is 23.3. The van der Waals surface area contributed by atoms with Gasteiger partial charge in [0.05, 0.1) is 7.11 Å². The largest absolute Gasteiger partial charge is 0.573 e. The van der Waals surface area contributed by atoms with Gasteiger partial charge in [-0.25, -0.2) is 4.79 Å². The van der Waals surface area contributed by atoms with Crippen LogP contribution in [0.1, 0.15) is 27.4 Å². The molecular weight excluding hydrogens is 367 g/mol. The maximum atomic E-state index is 12.1. The van der Waals surface area contributed by atoms with E-state index in [2.05, 4.69) is 14.8 Å². The van der Waals surface area contributed by atoms with Crippen LogP contribution >= 0.6 is 0 Å². The second-order valence-corrected chi connectivity index (χ2v) is 5.35. The van der Waals surface area contributed by atoms with Crippen molar-refractivity contribution < 1.29 is 36.7 Å². The van der Waals surface area contributed by atoms with Gasteiger partial charge >= 0.3 is 12.3 Å². The highest BCUT2D eigenvalue weighted by Gasteiger charge is 2.30. The number of rotatable bonds is 6. The molecule has 1 N–H and O–H groups in total. The number of ether oxygens (including phenoxy) is 2. The predicted octanol–water partition coefficient (Wildman–Crippen LogP) is 3.60. The first kappa shape index (κ1) is 20.1. The summed E-state index contributed by atoms with van der Waals surface area (Å²) < 4.78 is 50.0. The highest BCUT2D eigenvalue weighted by atomic mass is 19.4. The molecule has 0 atom stereocenters. The van der Waals surface area contributed by atoms with Crippen LogP contribution in [0, 0.1) is 6.92 Å². The summed E-state index contributed by atoms with van der Waals surface area (Å²) in [7, 11) is 1.25. The van der Waals surface area contributed by atoms with E-state index in [0.29, 0.717) is 17.1 Å². The molecule has 0 saturated carbocycles. The molecule has 0 aliphatic rings. The van der Waals surface area contributed by atoms with Gasteiger partial charge in [-0.05, 0) is 36.8 Å². The number of halogens is 3. The summed E-state index contributed by atoms with van der Waals surface area (Å²) >= 11 is 0. The molecule has 1 aromatic heterocycles. The highest BCUT2D eigenvalue weighted by molar-refractivity contribution is 5.93. The SMILES string of the molecule is COC(=O)c1cc(/C=C/C(=O)NCc2ccc(OC(F)(F)F)cc2)oc1C. The maximum Gasteiger partial charge on any atom is 0.573 e.